The van der Waals surface area contributed by atoms with Crippen molar-refractivity contribution in [3.05, 3.63) is 30.1 Å². The van der Waals surface area contributed by atoms with E-state index in [9.17, 15) is 0 Å². The second-order valence-corrected chi connectivity index (χ2v) is 3.15. The molecule has 0 radical (unpaired) electrons. The van der Waals surface area contributed by atoms with Crippen LogP contribution in [-0.4, -0.2) is 0 Å². The maximum Gasteiger partial charge on any atom is 0.181 e. The maximum absolute atomic E-state index is 2.34. The van der Waals surface area contributed by atoms with E-state index >= 15 is 0 Å². The number of hydrogen-bond acceptors (Lipinski definition) is 0. The molecule has 0 fully saturated rings. The van der Waals surface area contributed by atoms with Gasteiger partial charge in [-0.15, -0.1) is 0 Å². The fourth-order valence-electron chi connectivity index (χ4n) is 1.63. The molecule has 1 unspecified atom stereocenters. The molecule has 1 aromatic heterocycles. The Balaban J connectivity index is 2.42. The summed E-state index contributed by atoms with van der Waals surface area (Å²) in [5, 5.41) is 0. The minimum absolute atomic E-state index is 0.836. The van der Waals surface area contributed by atoms with Crippen molar-refractivity contribution in [3.8, 4) is 0 Å². The number of aromatic nitrogens is 1. The lowest BCUT2D eigenvalue weighted by Crippen LogP contribution is -2.32. The molecule has 52 valence electrons. The van der Waals surface area contributed by atoms with Gasteiger partial charge in [-0.1, -0.05) is 13.0 Å². The molecule has 0 saturated heterocycles. The highest BCUT2D eigenvalue weighted by Gasteiger charge is 2.23. The molecule has 1 atom stereocenters. The number of fused-ring (bicyclic) bond motifs is 1. The second kappa shape index (κ2) is 2.08. The van der Waals surface area contributed by atoms with E-state index in [1.54, 1.807) is 0 Å². The minimum atomic E-state index is 0.836. The molecule has 1 aliphatic rings. The van der Waals surface area contributed by atoms with Crippen LogP contribution in [0.5, 0.6) is 0 Å². The lowest BCUT2D eigenvalue weighted by Gasteiger charge is -1.88. The average molecular weight is 134 g/mol. The third-order valence-corrected chi connectivity index (χ3v) is 2.10. The molecule has 1 heteroatoms. The van der Waals surface area contributed by atoms with Crippen molar-refractivity contribution in [3.63, 3.8) is 0 Å². The summed E-state index contributed by atoms with van der Waals surface area (Å²) >= 11 is 0. The zero-order chi connectivity index (χ0) is 6.97. The highest BCUT2D eigenvalue weighted by Crippen LogP contribution is 2.10. The zero-order valence-corrected chi connectivity index (χ0v) is 6.25. The predicted octanol–water partition coefficient (Wildman–Crippen LogP) is 1.17. The topological polar surface area (TPSA) is 3.88 Å². The van der Waals surface area contributed by atoms with E-state index in [1.807, 2.05) is 0 Å². The third kappa shape index (κ3) is 0.821. The molecule has 0 aromatic carbocycles. The fraction of sp³-hybridized carbons (Fsp3) is 0.444. The van der Waals surface area contributed by atoms with Crippen LogP contribution >= 0.6 is 0 Å². The van der Waals surface area contributed by atoms with Crippen LogP contribution in [0.3, 0.4) is 0 Å². The van der Waals surface area contributed by atoms with Gasteiger partial charge in [0.25, 0.3) is 0 Å². The summed E-state index contributed by atoms with van der Waals surface area (Å²) in [6, 6.07) is 6.43. The average Bonchev–Trinajstić information content (AvgIpc) is 2.27. The molecule has 2 heterocycles. The molecule has 0 spiro atoms. The van der Waals surface area contributed by atoms with Gasteiger partial charge in [0, 0.05) is 24.5 Å². The largest absolute Gasteiger partial charge is 0.202 e. The van der Waals surface area contributed by atoms with Crippen LogP contribution in [0.15, 0.2) is 24.4 Å². The van der Waals surface area contributed by atoms with Crippen molar-refractivity contribution in [2.24, 2.45) is 5.92 Å². The molecular weight excluding hydrogens is 122 g/mol. The van der Waals surface area contributed by atoms with Gasteiger partial charge in [-0.05, 0) is 0 Å². The summed E-state index contributed by atoms with van der Waals surface area (Å²) < 4.78 is 2.34. The summed E-state index contributed by atoms with van der Waals surface area (Å²) in [7, 11) is 0. The van der Waals surface area contributed by atoms with Crippen LogP contribution in [0.25, 0.3) is 0 Å². The maximum atomic E-state index is 2.34. The number of rotatable bonds is 0. The molecule has 0 bridgehead atoms. The van der Waals surface area contributed by atoms with Crippen molar-refractivity contribution in [2.45, 2.75) is 19.9 Å². The van der Waals surface area contributed by atoms with Crippen LogP contribution in [0.4, 0.5) is 0 Å². The van der Waals surface area contributed by atoms with Gasteiger partial charge in [-0.2, -0.15) is 0 Å². The molecule has 1 aliphatic heterocycles. The molecule has 2 rings (SSSR count). The third-order valence-electron chi connectivity index (χ3n) is 2.10. The molecule has 0 N–H and O–H groups in total. The van der Waals surface area contributed by atoms with Crippen LogP contribution in [0.2, 0.25) is 0 Å². The first kappa shape index (κ1) is 5.90. The van der Waals surface area contributed by atoms with E-state index < -0.39 is 0 Å². The quantitative estimate of drug-likeness (QED) is 0.469. The molecule has 0 saturated carbocycles. The summed E-state index contributed by atoms with van der Waals surface area (Å²) in [4.78, 5) is 0. The summed E-state index contributed by atoms with van der Waals surface area (Å²) in [5.41, 5.74) is 1.48. The van der Waals surface area contributed by atoms with Gasteiger partial charge in [-0.25, -0.2) is 4.57 Å². The van der Waals surface area contributed by atoms with Gasteiger partial charge < -0.3 is 0 Å². The Kier molecular flexibility index (Phi) is 1.23. The predicted molar refractivity (Wildman–Crippen MR) is 39.5 cm³/mol. The standard InChI is InChI=1S/C9H12N/c1-8-6-9-4-2-3-5-10(9)7-8/h2-5,8H,6-7H2,1H3/q+1. The van der Waals surface area contributed by atoms with Gasteiger partial charge in [0.15, 0.2) is 18.4 Å². The van der Waals surface area contributed by atoms with Gasteiger partial charge in [-0.3, -0.25) is 0 Å². The van der Waals surface area contributed by atoms with E-state index in [0.717, 1.165) is 5.92 Å². The Hall–Kier alpha value is -0.850. The van der Waals surface area contributed by atoms with Crippen LogP contribution in [0, 0.1) is 5.92 Å². The number of hydrogen-bond donors (Lipinski definition) is 0. The zero-order valence-electron chi connectivity index (χ0n) is 6.25. The first-order valence-corrected chi connectivity index (χ1v) is 3.83. The van der Waals surface area contributed by atoms with Crippen LogP contribution in [0.1, 0.15) is 12.6 Å². The first-order chi connectivity index (χ1) is 4.86. The van der Waals surface area contributed by atoms with E-state index in [4.69, 9.17) is 0 Å². The summed E-state index contributed by atoms with van der Waals surface area (Å²) in [6.07, 6.45) is 3.42. The van der Waals surface area contributed by atoms with E-state index in [2.05, 4.69) is 35.9 Å². The van der Waals surface area contributed by atoms with Crippen LogP contribution < -0.4 is 4.57 Å². The van der Waals surface area contributed by atoms with Crippen molar-refractivity contribution in [2.75, 3.05) is 0 Å². The van der Waals surface area contributed by atoms with Crippen molar-refractivity contribution in [1.29, 1.82) is 0 Å². The van der Waals surface area contributed by atoms with Gasteiger partial charge >= 0.3 is 0 Å². The Morgan fingerprint density at radius 2 is 2.40 bits per heavy atom. The smallest absolute Gasteiger partial charge is 0.181 e. The molecule has 0 aliphatic carbocycles. The summed E-state index contributed by atoms with van der Waals surface area (Å²) in [5.74, 6) is 0.836. The normalized spacial score (nSPS) is 22.7. The second-order valence-electron chi connectivity index (χ2n) is 3.15. The Morgan fingerprint density at radius 3 is 3.20 bits per heavy atom. The highest BCUT2D eigenvalue weighted by molar-refractivity contribution is 4.99. The molecule has 1 nitrogen and oxygen atoms in total. The van der Waals surface area contributed by atoms with Gasteiger partial charge in [0.2, 0.25) is 0 Å². The Bertz CT molecular complexity index is 217. The number of pyridine rings is 1. The molecule has 10 heavy (non-hydrogen) atoms. The lowest BCUT2D eigenvalue weighted by atomic mass is 10.1. The molecular formula is C9H12N+. The van der Waals surface area contributed by atoms with Crippen LogP contribution in [-0.2, 0) is 13.0 Å². The minimum Gasteiger partial charge on any atom is -0.202 e. The summed E-state index contributed by atoms with van der Waals surface area (Å²) in [6.45, 7) is 3.50. The Labute approximate surface area is 61.3 Å². The fourth-order valence-corrected chi connectivity index (χ4v) is 1.63. The number of nitrogens with zero attached hydrogens (tertiary/aromatic N) is 1. The van der Waals surface area contributed by atoms with E-state index in [0.29, 0.717) is 0 Å². The van der Waals surface area contributed by atoms with Crippen molar-refractivity contribution in [1.82, 2.24) is 0 Å². The van der Waals surface area contributed by atoms with Crippen molar-refractivity contribution < 1.29 is 4.57 Å². The van der Waals surface area contributed by atoms with E-state index in [1.165, 1.54) is 18.7 Å². The molecule has 0 amide bonds. The Morgan fingerprint density at radius 1 is 1.50 bits per heavy atom. The monoisotopic (exact) mass is 134 g/mol. The van der Waals surface area contributed by atoms with Gasteiger partial charge in [0.1, 0.15) is 0 Å². The van der Waals surface area contributed by atoms with Gasteiger partial charge in [0.05, 0.1) is 0 Å². The first-order valence-electron chi connectivity index (χ1n) is 3.83. The van der Waals surface area contributed by atoms with E-state index in [-0.39, 0.29) is 0 Å². The lowest BCUT2D eigenvalue weighted by molar-refractivity contribution is -0.694. The SMILES string of the molecule is CC1Cc2cccc[n+]2C1. The molecule has 1 aromatic rings. The highest BCUT2D eigenvalue weighted by atomic mass is 15.0. The van der Waals surface area contributed by atoms with Crippen molar-refractivity contribution >= 4 is 0 Å².